The number of rotatable bonds is 4. The molecular weight excluding hydrogens is 292 g/mol. The Morgan fingerprint density at radius 2 is 2.14 bits per heavy atom. The van der Waals surface area contributed by atoms with Crippen LogP contribution in [0.1, 0.15) is 32.5 Å². The predicted molar refractivity (Wildman–Crippen MR) is 78.9 cm³/mol. The van der Waals surface area contributed by atoms with Gasteiger partial charge >= 0.3 is 5.97 Å². The van der Waals surface area contributed by atoms with Crippen LogP contribution in [0.4, 0.5) is 5.00 Å². The van der Waals surface area contributed by atoms with E-state index in [9.17, 15) is 14.7 Å². The fourth-order valence-corrected chi connectivity index (χ4v) is 2.59. The van der Waals surface area contributed by atoms with Gasteiger partial charge in [-0.2, -0.15) is 0 Å². The summed E-state index contributed by atoms with van der Waals surface area (Å²) in [6.45, 7) is 3.81. The molecule has 0 radical (unpaired) electrons. The maximum Gasteiger partial charge on any atom is 0.341 e. The molecule has 0 aromatic carbocycles. The quantitative estimate of drug-likeness (QED) is 0.848. The number of hydrogen-bond acceptors (Lipinski definition) is 6. The first kappa shape index (κ1) is 15.0. The summed E-state index contributed by atoms with van der Waals surface area (Å²) in [5, 5.41) is 12.4. The molecule has 21 heavy (non-hydrogen) atoms. The number of carbonyl (C=O) groups excluding carboxylic acids is 2. The molecule has 0 aliphatic heterocycles. The highest BCUT2D eigenvalue weighted by Crippen LogP contribution is 2.28. The van der Waals surface area contributed by atoms with Gasteiger partial charge < -0.3 is 15.2 Å². The summed E-state index contributed by atoms with van der Waals surface area (Å²) >= 11 is 1.28. The Morgan fingerprint density at radius 3 is 2.81 bits per heavy atom. The maximum absolute atomic E-state index is 12.1. The number of nitrogens with zero attached hydrogens (tertiary/aromatic N) is 1. The maximum atomic E-state index is 12.1. The average molecular weight is 306 g/mol. The number of aromatic hydroxyl groups is 1. The molecule has 0 aliphatic carbocycles. The molecular formula is C14H14N2O4S. The van der Waals surface area contributed by atoms with Crippen LogP contribution in [0.3, 0.4) is 0 Å². The van der Waals surface area contributed by atoms with Crippen molar-refractivity contribution in [2.45, 2.75) is 13.8 Å². The van der Waals surface area contributed by atoms with Crippen molar-refractivity contribution >= 4 is 28.2 Å². The molecule has 0 saturated heterocycles. The van der Waals surface area contributed by atoms with E-state index in [-0.39, 0.29) is 17.9 Å². The first-order valence-corrected chi connectivity index (χ1v) is 7.05. The number of hydrogen-bond donors (Lipinski definition) is 2. The van der Waals surface area contributed by atoms with Gasteiger partial charge in [-0.3, -0.25) is 9.78 Å². The van der Waals surface area contributed by atoms with Crippen molar-refractivity contribution in [3.63, 3.8) is 0 Å². The van der Waals surface area contributed by atoms with Crippen LogP contribution in [0, 0.1) is 6.92 Å². The van der Waals surface area contributed by atoms with Crippen molar-refractivity contribution in [1.82, 2.24) is 4.98 Å². The Labute approximate surface area is 125 Å². The predicted octanol–water partition coefficient (Wildman–Crippen LogP) is 2.59. The van der Waals surface area contributed by atoms with Gasteiger partial charge in [0, 0.05) is 11.1 Å². The van der Waals surface area contributed by atoms with Crippen LogP contribution >= 0.6 is 11.3 Å². The van der Waals surface area contributed by atoms with Gasteiger partial charge in [0.2, 0.25) is 0 Å². The molecule has 0 atom stereocenters. The van der Waals surface area contributed by atoms with Crippen LogP contribution in [-0.2, 0) is 4.74 Å². The van der Waals surface area contributed by atoms with E-state index in [1.54, 1.807) is 13.0 Å². The zero-order chi connectivity index (χ0) is 15.4. The molecule has 6 nitrogen and oxygen atoms in total. The fraction of sp³-hybridized carbons (Fsp3) is 0.214. The number of amides is 1. The zero-order valence-corrected chi connectivity index (χ0v) is 12.4. The number of thiophene rings is 1. The normalized spacial score (nSPS) is 10.2. The average Bonchev–Trinajstić information content (AvgIpc) is 2.80. The number of aryl methyl sites for hydroxylation is 1. The number of aromatic nitrogens is 1. The first-order valence-electron chi connectivity index (χ1n) is 6.24. The Morgan fingerprint density at radius 1 is 1.38 bits per heavy atom. The highest BCUT2D eigenvalue weighted by molar-refractivity contribution is 7.16. The van der Waals surface area contributed by atoms with Crippen LogP contribution in [-0.4, -0.2) is 28.6 Å². The highest BCUT2D eigenvalue weighted by atomic mass is 32.1. The Hall–Kier alpha value is -2.41. The van der Waals surface area contributed by atoms with E-state index in [4.69, 9.17) is 4.74 Å². The summed E-state index contributed by atoms with van der Waals surface area (Å²) < 4.78 is 4.95. The second kappa shape index (κ2) is 6.36. The van der Waals surface area contributed by atoms with E-state index in [0.29, 0.717) is 10.6 Å². The van der Waals surface area contributed by atoms with Crippen molar-refractivity contribution in [3.05, 3.63) is 40.5 Å². The zero-order valence-electron chi connectivity index (χ0n) is 11.5. The Balaban J connectivity index is 2.23. The molecule has 0 spiro atoms. The molecule has 1 amide bonds. The highest BCUT2D eigenvalue weighted by Gasteiger charge is 2.18. The molecule has 0 unspecified atom stereocenters. The van der Waals surface area contributed by atoms with E-state index < -0.39 is 11.9 Å². The van der Waals surface area contributed by atoms with Crippen molar-refractivity contribution in [2.24, 2.45) is 0 Å². The van der Waals surface area contributed by atoms with Gasteiger partial charge in [0.15, 0.2) is 0 Å². The lowest BCUT2D eigenvalue weighted by atomic mass is 10.2. The summed E-state index contributed by atoms with van der Waals surface area (Å²) in [5.41, 5.74) is 0.525. The van der Waals surface area contributed by atoms with E-state index in [1.807, 2.05) is 6.92 Å². The van der Waals surface area contributed by atoms with E-state index in [0.717, 1.165) is 4.88 Å². The smallest absolute Gasteiger partial charge is 0.341 e. The van der Waals surface area contributed by atoms with Crippen LogP contribution in [0.2, 0.25) is 0 Å². The molecule has 0 aliphatic rings. The summed E-state index contributed by atoms with van der Waals surface area (Å²) in [6, 6.07) is 2.96. The van der Waals surface area contributed by atoms with E-state index >= 15 is 0 Å². The SMILES string of the molecule is CCOC(=O)c1cc(C)sc1NC(=O)c1cncc(O)c1. The summed E-state index contributed by atoms with van der Waals surface area (Å²) in [4.78, 5) is 28.5. The molecule has 2 aromatic heterocycles. The Kier molecular flexibility index (Phi) is 4.54. The molecule has 2 rings (SSSR count). The lowest BCUT2D eigenvalue weighted by Crippen LogP contribution is -2.14. The number of anilines is 1. The van der Waals surface area contributed by atoms with Crippen molar-refractivity contribution in [1.29, 1.82) is 0 Å². The second-order valence-electron chi connectivity index (χ2n) is 4.21. The van der Waals surface area contributed by atoms with Crippen molar-refractivity contribution in [2.75, 3.05) is 11.9 Å². The van der Waals surface area contributed by atoms with Gasteiger partial charge in [0.1, 0.15) is 10.8 Å². The van der Waals surface area contributed by atoms with Crippen molar-refractivity contribution < 1.29 is 19.4 Å². The third kappa shape index (κ3) is 3.57. The molecule has 2 heterocycles. The third-order valence-electron chi connectivity index (χ3n) is 2.56. The van der Waals surface area contributed by atoms with Crippen LogP contribution in [0.25, 0.3) is 0 Å². The first-order chi connectivity index (χ1) is 10.0. The van der Waals surface area contributed by atoms with Crippen LogP contribution < -0.4 is 5.32 Å². The van der Waals surface area contributed by atoms with Gasteiger partial charge in [-0.15, -0.1) is 11.3 Å². The summed E-state index contributed by atoms with van der Waals surface area (Å²) in [6.07, 6.45) is 2.57. The number of carbonyl (C=O) groups is 2. The lowest BCUT2D eigenvalue weighted by molar-refractivity contribution is 0.0528. The van der Waals surface area contributed by atoms with Crippen LogP contribution in [0.15, 0.2) is 24.5 Å². The molecule has 2 aromatic rings. The lowest BCUT2D eigenvalue weighted by Gasteiger charge is -2.06. The molecule has 110 valence electrons. The monoisotopic (exact) mass is 306 g/mol. The van der Waals surface area contributed by atoms with Gasteiger partial charge in [0.25, 0.3) is 5.91 Å². The molecule has 0 bridgehead atoms. The fourth-order valence-electron chi connectivity index (χ4n) is 1.69. The van der Waals surface area contributed by atoms with Gasteiger partial charge in [0.05, 0.1) is 23.9 Å². The molecule has 2 N–H and O–H groups in total. The summed E-state index contributed by atoms with van der Waals surface area (Å²) in [5.74, 6) is -1.03. The van der Waals surface area contributed by atoms with E-state index in [2.05, 4.69) is 10.3 Å². The van der Waals surface area contributed by atoms with Gasteiger partial charge in [-0.25, -0.2) is 4.79 Å². The largest absolute Gasteiger partial charge is 0.506 e. The molecule has 0 fully saturated rings. The number of nitrogens with one attached hydrogen (secondary N) is 1. The number of esters is 1. The minimum absolute atomic E-state index is 0.101. The number of pyridine rings is 1. The van der Waals surface area contributed by atoms with Gasteiger partial charge in [-0.05, 0) is 26.0 Å². The minimum atomic E-state index is -0.480. The Bertz CT molecular complexity index is 681. The summed E-state index contributed by atoms with van der Waals surface area (Å²) in [7, 11) is 0. The van der Waals surface area contributed by atoms with Crippen molar-refractivity contribution in [3.8, 4) is 5.75 Å². The molecule has 7 heteroatoms. The van der Waals surface area contributed by atoms with Crippen LogP contribution in [0.5, 0.6) is 5.75 Å². The van der Waals surface area contributed by atoms with Gasteiger partial charge in [-0.1, -0.05) is 0 Å². The minimum Gasteiger partial charge on any atom is -0.506 e. The second-order valence-corrected chi connectivity index (χ2v) is 5.46. The topological polar surface area (TPSA) is 88.5 Å². The molecule has 0 saturated carbocycles. The third-order valence-corrected chi connectivity index (χ3v) is 3.53. The van der Waals surface area contributed by atoms with E-state index in [1.165, 1.54) is 29.8 Å². The standard InChI is InChI=1S/C14H14N2O4S/c1-3-20-14(19)11-4-8(2)21-13(11)16-12(18)9-5-10(17)7-15-6-9/h4-7,17H,3H2,1-2H3,(H,16,18). The number of ether oxygens (including phenoxy) is 1.